The third-order valence-corrected chi connectivity index (χ3v) is 4.52. The lowest BCUT2D eigenvalue weighted by atomic mass is 9.96. The van der Waals surface area contributed by atoms with Crippen LogP contribution in [0, 0.1) is 0 Å². The number of aryl methyl sites for hydroxylation is 1. The molecule has 0 aromatic carbocycles. The van der Waals surface area contributed by atoms with Crippen LogP contribution in [-0.2, 0) is 16.6 Å². The molecule has 2 rings (SSSR count). The zero-order valence-electron chi connectivity index (χ0n) is 13.1. The summed E-state index contributed by atoms with van der Waals surface area (Å²) in [5.41, 5.74) is -0.156. The van der Waals surface area contributed by atoms with Crippen LogP contribution in [0.1, 0.15) is 56.7 Å². The highest BCUT2D eigenvalue weighted by Crippen LogP contribution is 2.26. The summed E-state index contributed by atoms with van der Waals surface area (Å²) in [6.45, 7) is 7.98. The molecule has 0 unspecified atom stereocenters. The molecule has 1 amide bonds. The van der Waals surface area contributed by atoms with Crippen LogP contribution in [0.5, 0.6) is 0 Å². The molecule has 0 aliphatic rings. The average Bonchev–Trinajstić information content (AvgIpc) is 3.04. The summed E-state index contributed by atoms with van der Waals surface area (Å²) in [4.78, 5) is 17.3. The number of nitrogens with one attached hydrogen (secondary N) is 1. The number of halogens is 1. The molecule has 5 nitrogen and oxygen atoms in total. The molecule has 2 aromatic heterocycles. The molecule has 22 heavy (non-hydrogen) atoms. The molecule has 0 radical (unpaired) electrons. The van der Waals surface area contributed by atoms with Gasteiger partial charge in [-0.3, -0.25) is 4.79 Å². The second-order valence-electron chi connectivity index (χ2n) is 6.19. The van der Waals surface area contributed by atoms with Crippen molar-refractivity contribution in [1.29, 1.82) is 0 Å². The Kier molecular flexibility index (Phi) is 5.24. The number of carbonyl (C=O) groups is 1. The second kappa shape index (κ2) is 6.79. The Morgan fingerprint density at radius 1 is 1.45 bits per heavy atom. The minimum atomic E-state index is -0.156. The molecule has 120 valence electrons. The fourth-order valence-electron chi connectivity index (χ4n) is 1.83. The quantitative estimate of drug-likeness (QED) is 0.895. The molecule has 1 atom stereocenters. The van der Waals surface area contributed by atoms with E-state index in [4.69, 9.17) is 16.1 Å². The smallest absolute Gasteiger partial charge is 0.227 e. The first kappa shape index (κ1) is 17.0. The van der Waals surface area contributed by atoms with E-state index in [-0.39, 0.29) is 17.4 Å². The number of hydrogen-bond acceptors (Lipinski definition) is 5. The van der Waals surface area contributed by atoms with Crippen molar-refractivity contribution in [1.82, 2.24) is 15.5 Å². The van der Waals surface area contributed by atoms with E-state index in [0.717, 1.165) is 9.21 Å². The first-order valence-corrected chi connectivity index (χ1v) is 8.33. The third-order valence-electron chi connectivity index (χ3n) is 3.10. The van der Waals surface area contributed by atoms with E-state index in [1.807, 2.05) is 39.8 Å². The maximum absolute atomic E-state index is 12.0. The molecular weight excluding hydrogens is 322 g/mol. The lowest BCUT2D eigenvalue weighted by molar-refractivity contribution is -0.121. The van der Waals surface area contributed by atoms with Gasteiger partial charge in [0, 0.05) is 23.1 Å². The number of aromatic nitrogens is 2. The van der Waals surface area contributed by atoms with Gasteiger partial charge in [0.25, 0.3) is 0 Å². The Morgan fingerprint density at radius 3 is 2.73 bits per heavy atom. The minimum absolute atomic E-state index is 0.0486. The second-order valence-corrected chi connectivity index (χ2v) is 7.94. The van der Waals surface area contributed by atoms with Gasteiger partial charge in [-0.1, -0.05) is 37.5 Å². The fraction of sp³-hybridized carbons (Fsp3) is 0.533. The fourth-order valence-corrected chi connectivity index (χ4v) is 2.89. The minimum Gasteiger partial charge on any atom is -0.349 e. The lowest BCUT2D eigenvalue weighted by Gasteiger charge is -2.11. The molecule has 0 saturated carbocycles. The highest BCUT2D eigenvalue weighted by molar-refractivity contribution is 7.16. The van der Waals surface area contributed by atoms with Crippen LogP contribution in [0.3, 0.4) is 0 Å². The topological polar surface area (TPSA) is 68.0 Å². The van der Waals surface area contributed by atoms with Crippen molar-refractivity contribution >= 4 is 28.8 Å². The summed E-state index contributed by atoms with van der Waals surface area (Å²) >= 11 is 7.37. The van der Waals surface area contributed by atoms with Crippen LogP contribution < -0.4 is 5.32 Å². The first-order valence-electron chi connectivity index (χ1n) is 7.13. The van der Waals surface area contributed by atoms with E-state index in [0.29, 0.717) is 24.6 Å². The van der Waals surface area contributed by atoms with Gasteiger partial charge in [-0.25, -0.2) is 0 Å². The Morgan fingerprint density at radius 2 is 2.18 bits per heavy atom. The predicted octanol–water partition coefficient (Wildman–Crippen LogP) is 3.89. The van der Waals surface area contributed by atoms with Crippen LogP contribution in [0.25, 0.3) is 0 Å². The van der Waals surface area contributed by atoms with E-state index in [1.54, 1.807) is 0 Å². The van der Waals surface area contributed by atoms with Crippen molar-refractivity contribution in [3.05, 3.63) is 33.1 Å². The third kappa shape index (κ3) is 4.55. The molecular formula is C15H20ClN3O2S. The summed E-state index contributed by atoms with van der Waals surface area (Å²) in [5.74, 6) is 1.10. The average molecular weight is 342 g/mol. The molecule has 0 aliphatic heterocycles. The van der Waals surface area contributed by atoms with Crippen LogP contribution in [0.2, 0.25) is 4.34 Å². The van der Waals surface area contributed by atoms with Crippen LogP contribution in [0.15, 0.2) is 16.7 Å². The Labute approximate surface area is 139 Å². The van der Waals surface area contributed by atoms with Crippen molar-refractivity contribution in [2.75, 3.05) is 0 Å². The summed E-state index contributed by atoms with van der Waals surface area (Å²) in [6.07, 6.45) is 0.752. The van der Waals surface area contributed by atoms with E-state index in [2.05, 4.69) is 15.5 Å². The number of rotatable bonds is 5. The summed E-state index contributed by atoms with van der Waals surface area (Å²) in [5, 5.41) is 6.89. The highest BCUT2D eigenvalue weighted by Gasteiger charge is 2.21. The number of thiophene rings is 1. The molecule has 0 bridgehead atoms. The van der Waals surface area contributed by atoms with Crippen LogP contribution >= 0.6 is 22.9 Å². The largest absolute Gasteiger partial charge is 0.349 e. The molecule has 0 aliphatic carbocycles. The standard InChI is InChI=1S/C15H20ClN3O2S/c1-9(10-5-6-11(16)22-10)17-12(20)7-8-13-18-14(19-21-13)15(2,3)4/h5-6,9H,7-8H2,1-4H3,(H,17,20)/t9-/m0/s1. The van der Waals surface area contributed by atoms with Gasteiger partial charge in [-0.2, -0.15) is 4.98 Å². The van der Waals surface area contributed by atoms with E-state index in [9.17, 15) is 4.79 Å². The van der Waals surface area contributed by atoms with Crippen molar-refractivity contribution in [2.24, 2.45) is 0 Å². The number of hydrogen-bond donors (Lipinski definition) is 1. The van der Waals surface area contributed by atoms with Gasteiger partial charge in [0.2, 0.25) is 11.8 Å². The Hall–Kier alpha value is -1.40. The molecule has 0 spiro atoms. The number of carbonyl (C=O) groups excluding carboxylic acids is 1. The molecule has 0 fully saturated rings. The molecule has 7 heteroatoms. The molecule has 2 heterocycles. The van der Waals surface area contributed by atoms with E-state index >= 15 is 0 Å². The van der Waals surface area contributed by atoms with Gasteiger partial charge >= 0.3 is 0 Å². The number of amides is 1. The maximum Gasteiger partial charge on any atom is 0.227 e. The van der Waals surface area contributed by atoms with Gasteiger partial charge < -0.3 is 9.84 Å². The Balaban J connectivity index is 1.84. The molecule has 1 N–H and O–H groups in total. The lowest BCUT2D eigenvalue weighted by Crippen LogP contribution is -2.26. The SMILES string of the molecule is C[C@H](NC(=O)CCc1nc(C(C)(C)C)no1)c1ccc(Cl)s1. The van der Waals surface area contributed by atoms with Gasteiger partial charge in [-0.15, -0.1) is 11.3 Å². The van der Waals surface area contributed by atoms with Crippen molar-refractivity contribution in [2.45, 2.75) is 52.0 Å². The monoisotopic (exact) mass is 341 g/mol. The molecule has 0 saturated heterocycles. The zero-order chi connectivity index (χ0) is 16.3. The van der Waals surface area contributed by atoms with Gasteiger partial charge in [0.05, 0.1) is 10.4 Å². The van der Waals surface area contributed by atoms with Crippen LogP contribution in [0.4, 0.5) is 0 Å². The normalized spacial score (nSPS) is 13.1. The zero-order valence-corrected chi connectivity index (χ0v) is 14.7. The van der Waals surface area contributed by atoms with Crippen molar-refractivity contribution in [3.63, 3.8) is 0 Å². The number of nitrogens with zero attached hydrogens (tertiary/aromatic N) is 2. The van der Waals surface area contributed by atoms with Crippen molar-refractivity contribution in [3.8, 4) is 0 Å². The van der Waals surface area contributed by atoms with E-state index in [1.165, 1.54) is 11.3 Å². The maximum atomic E-state index is 12.0. The van der Waals surface area contributed by atoms with E-state index < -0.39 is 0 Å². The van der Waals surface area contributed by atoms with Crippen LogP contribution in [-0.4, -0.2) is 16.0 Å². The first-order chi connectivity index (χ1) is 10.3. The summed E-state index contributed by atoms with van der Waals surface area (Å²) in [7, 11) is 0. The van der Waals surface area contributed by atoms with Gasteiger partial charge in [0.15, 0.2) is 5.82 Å². The highest BCUT2D eigenvalue weighted by atomic mass is 35.5. The summed E-state index contributed by atoms with van der Waals surface area (Å²) in [6, 6.07) is 3.69. The van der Waals surface area contributed by atoms with Gasteiger partial charge in [0.1, 0.15) is 0 Å². The van der Waals surface area contributed by atoms with Crippen molar-refractivity contribution < 1.29 is 9.32 Å². The summed E-state index contributed by atoms with van der Waals surface area (Å²) < 4.78 is 5.90. The predicted molar refractivity (Wildman–Crippen MR) is 87.2 cm³/mol. The molecule has 2 aromatic rings. The van der Waals surface area contributed by atoms with Gasteiger partial charge in [-0.05, 0) is 19.1 Å². The Bertz CT molecular complexity index is 645.